The first-order valence-electron chi connectivity index (χ1n) is 5.81. The third kappa shape index (κ3) is 3.45. The van der Waals surface area contributed by atoms with Gasteiger partial charge in [-0.15, -0.1) is 11.3 Å². The molecule has 1 heterocycles. The Morgan fingerprint density at radius 3 is 2.62 bits per heavy atom. The predicted molar refractivity (Wildman–Crippen MR) is 85.3 cm³/mol. The molecule has 112 valence electrons. The highest BCUT2D eigenvalue weighted by Crippen LogP contribution is 2.30. The van der Waals surface area contributed by atoms with Gasteiger partial charge in [-0.05, 0) is 46.6 Å². The summed E-state index contributed by atoms with van der Waals surface area (Å²) in [5, 5.41) is 0.364. The molecule has 0 aliphatic heterocycles. The van der Waals surface area contributed by atoms with Crippen LogP contribution in [0.3, 0.4) is 0 Å². The molecule has 0 aliphatic rings. The molecule has 2 rings (SSSR count). The van der Waals surface area contributed by atoms with Crippen LogP contribution >= 0.6 is 27.3 Å². The van der Waals surface area contributed by atoms with E-state index in [1.807, 2.05) is 0 Å². The summed E-state index contributed by atoms with van der Waals surface area (Å²) in [5.74, 6) is -0.483. The Bertz CT molecular complexity index is 783. The Hall–Kier alpha value is -1.38. The summed E-state index contributed by atoms with van der Waals surface area (Å²) in [6.07, 6.45) is 0. The lowest BCUT2D eigenvalue weighted by atomic mass is 10.3. The van der Waals surface area contributed by atoms with Crippen LogP contribution in [0.5, 0.6) is 0 Å². The van der Waals surface area contributed by atoms with Gasteiger partial charge in [-0.3, -0.25) is 4.72 Å². The van der Waals surface area contributed by atoms with Crippen LogP contribution in [-0.2, 0) is 14.8 Å². The maximum Gasteiger partial charge on any atom is 0.348 e. The molecule has 8 heteroatoms. The van der Waals surface area contributed by atoms with Gasteiger partial charge in [-0.1, -0.05) is 12.1 Å². The van der Waals surface area contributed by atoms with Gasteiger partial charge in [-0.25, -0.2) is 13.2 Å². The van der Waals surface area contributed by atoms with Crippen molar-refractivity contribution in [2.24, 2.45) is 0 Å². The number of carbonyl (C=O) groups is 1. The molecular weight excluding hydrogens is 378 g/mol. The van der Waals surface area contributed by atoms with Crippen LogP contribution in [0.25, 0.3) is 0 Å². The fourth-order valence-electron chi connectivity index (χ4n) is 1.68. The molecule has 2 aromatic rings. The summed E-state index contributed by atoms with van der Waals surface area (Å²) in [4.78, 5) is 12.1. The minimum Gasteiger partial charge on any atom is -0.465 e. The number of anilines is 1. The highest BCUT2D eigenvalue weighted by atomic mass is 79.9. The zero-order valence-electron chi connectivity index (χ0n) is 11.2. The molecule has 1 aromatic heterocycles. The van der Waals surface area contributed by atoms with Gasteiger partial charge in [0, 0.05) is 4.47 Å². The molecule has 0 fully saturated rings. The van der Waals surface area contributed by atoms with Crippen LogP contribution < -0.4 is 4.72 Å². The number of carbonyl (C=O) groups excluding carboxylic acids is 1. The largest absolute Gasteiger partial charge is 0.465 e. The second-order valence-electron chi connectivity index (χ2n) is 4.15. The van der Waals surface area contributed by atoms with Crippen molar-refractivity contribution < 1.29 is 17.9 Å². The molecule has 0 atom stereocenters. The number of methoxy groups -OCH3 is 1. The zero-order valence-corrected chi connectivity index (χ0v) is 14.4. The first-order chi connectivity index (χ1) is 9.85. The molecule has 0 unspecified atom stereocenters. The van der Waals surface area contributed by atoms with Gasteiger partial charge in [0.05, 0.1) is 7.11 Å². The van der Waals surface area contributed by atoms with Crippen LogP contribution in [-0.4, -0.2) is 21.5 Å². The van der Waals surface area contributed by atoms with Crippen molar-refractivity contribution in [3.63, 3.8) is 0 Å². The van der Waals surface area contributed by atoms with Crippen LogP contribution in [0.2, 0.25) is 0 Å². The van der Waals surface area contributed by atoms with E-state index in [4.69, 9.17) is 0 Å². The Balaban J connectivity index is 2.34. The molecule has 0 radical (unpaired) electrons. The van der Waals surface area contributed by atoms with E-state index in [1.165, 1.54) is 13.2 Å². The highest BCUT2D eigenvalue weighted by Gasteiger charge is 2.20. The number of hydrogen-bond donors (Lipinski definition) is 1. The SMILES string of the molecule is COC(=O)c1sc(NS(=O)(=O)c2ccccc2Br)cc1C. The minimum absolute atomic E-state index is 0.135. The second kappa shape index (κ2) is 6.17. The average molecular weight is 390 g/mol. The van der Waals surface area contributed by atoms with Crippen LogP contribution in [0.1, 0.15) is 15.2 Å². The molecule has 1 N–H and O–H groups in total. The summed E-state index contributed by atoms with van der Waals surface area (Å²) >= 11 is 4.25. The van der Waals surface area contributed by atoms with E-state index in [2.05, 4.69) is 25.4 Å². The number of hydrogen-bond acceptors (Lipinski definition) is 5. The Labute approximate surface area is 135 Å². The molecule has 0 bridgehead atoms. The standard InChI is InChI=1S/C13H12BrNO4S2/c1-8-7-11(20-12(8)13(16)19-2)15-21(17,18)10-6-4-3-5-9(10)14/h3-7,15H,1-2H3. The van der Waals surface area contributed by atoms with Crippen molar-refractivity contribution in [1.29, 1.82) is 0 Å². The number of esters is 1. The minimum atomic E-state index is -3.72. The second-order valence-corrected chi connectivity index (χ2v) is 7.71. The zero-order chi connectivity index (χ0) is 15.6. The van der Waals surface area contributed by atoms with Gasteiger partial charge in [0.2, 0.25) is 0 Å². The Kier molecular flexibility index (Phi) is 4.70. The van der Waals surface area contributed by atoms with E-state index >= 15 is 0 Å². The summed E-state index contributed by atoms with van der Waals surface area (Å²) in [6, 6.07) is 8.11. The average Bonchev–Trinajstić information content (AvgIpc) is 2.78. The number of thiophene rings is 1. The number of aryl methyl sites for hydroxylation is 1. The number of ether oxygens (including phenoxy) is 1. The lowest BCUT2D eigenvalue weighted by Gasteiger charge is -2.07. The van der Waals surface area contributed by atoms with E-state index in [-0.39, 0.29) is 4.90 Å². The Morgan fingerprint density at radius 1 is 1.33 bits per heavy atom. The predicted octanol–water partition coefficient (Wildman–Crippen LogP) is 3.41. The fraction of sp³-hybridized carbons (Fsp3) is 0.154. The first kappa shape index (κ1) is 16.0. The molecular formula is C13H12BrNO4S2. The quantitative estimate of drug-likeness (QED) is 0.813. The molecule has 0 saturated carbocycles. The third-order valence-electron chi connectivity index (χ3n) is 2.65. The van der Waals surface area contributed by atoms with Crippen molar-refractivity contribution in [2.75, 3.05) is 11.8 Å². The van der Waals surface area contributed by atoms with Gasteiger partial charge in [0.25, 0.3) is 10.0 Å². The lowest BCUT2D eigenvalue weighted by Crippen LogP contribution is -2.12. The van der Waals surface area contributed by atoms with E-state index < -0.39 is 16.0 Å². The number of benzene rings is 1. The first-order valence-corrected chi connectivity index (χ1v) is 8.90. The van der Waals surface area contributed by atoms with Crippen LogP contribution in [0.4, 0.5) is 5.00 Å². The highest BCUT2D eigenvalue weighted by molar-refractivity contribution is 9.10. The number of sulfonamides is 1. The van der Waals surface area contributed by atoms with Crippen LogP contribution in [0, 0.1) is 6.92 Å². The lowest BCUT2D eigenvalue weighted by molar-refractivity contribution is 0.0605. The van der Waals surface area contributed by atoms with E-state index in [0.717, 1.165) is 11.3 Å². The summed E-state index contributed by atoms with van der Waals surface area (Å²) in [5.41, 5.74) is 0.664. The molecule has 21 heavy (non-hydrogen) atoms. The van der Waals surface area contributed by atoms with Gasteiger partial charge >= 0.3 is 5.97 Å². The maximum atomic E-state index is 12.3. The van der Waals surface area contributed by atoms with Crippen LogP contribution in [0.15, 0.2) is 39.7 Å². The molecule has 1 aromatic carbocycles. The molecule has 5 nitrogen and oxygen atoms in total. The monoisotopic (exact) mass is 389 g/mol. The number of rotatable bonds is 4. The maximum absolute atomic E-state index is 12.3. The van der Waals surface area contributed by atoms with Gasteiger partial charge < -0.3 is 4.74 Å². The molecule has 0 amide bonds. The van der Waals surface area contributed by atoms with E-state index in [9.17, 15) is 13.2 Å². The number of nitrogens with one attached hydrogen (secondary N) is 1. The van der Waals surface area contributed by atoms with Gasteiger partial charge in [-0.2, -0.15) is 0 Å². The topological polar surface area (TPSA) is 72.5 Å². The van der Waals surface area contributed by atoms with Crippen molar-refractivity contribution >= 4 is 48.3 Å². The van der Waals surface area contributed by atoms with Crippen molar-refractivity contribution in [1.82, 2.24) is 0 Å². The summed E-state index contributed by atoms with van der Waals surface area (Å²) in [6.45, 7) is 1.72. The van der Waals surface area contributed by atoms with E-state index in [1.54, 1.807) is 31.2 Å². The summed E-state index contributed by atoms with van der Waals surface area (Å²) in [7, 11) is -2.43. The molecule has 0 spiro atoms. The summed E-state index contributed by atoms with van der Waals surface area (Å²) < 4.78 is 32.3. The fourth-order valence-corrected chi connectivity index (χ4v) is 4.96. The normalized spacial score (nSPS) is 11.2. The third-order valence-corrected chi connectivity index (χ3v) is 6.29. The van der Waals surface area contributed by atoms with Crippen molar-refractivity contribution in [3.8, 4) is 0 Å². The van der Waals surface area contributed by atoms with E-state index in [0.29, 0.717) is 19.9 Å². The van der Waals surface area contributed by atoms with Gasteiger partial charge in [0.1, 0.15) is 14.8 Å². The smallest absolute Gasteiger partial charge is 0.348 e. The van der Waals surface area contributed by atoms with Gasteiger partial charge in [0.15, 0.2) is 0 Å². The van der Waals surface area contributed by atoms with Crippen molar-refractivity contribution in [2.45, 2.75) is 11.8 Å². The van der Waals surface area contributed by atoms with Crippen molar-refractivity contribution in [3.05, 3.63) is 45.2 Å². The number of halogens is 1. The molecule has 0 saturated heterocycles. The molecule has 0 aliphatic carbocycles. The Morgan fingerprint density at radius 2 is 2.00 bits per heavy atom.